The fourth-order valence-electron chi connectivity index (χ4n) is 2.38. The van der Waals surface area contributed by atoms with Crippen LogP contribution in [-0.4, -0.2) is 18.5 Å². The molecule has 0 bridgehead atoms. The number of carbonyl (C=O) groups is 2. The molecule has 0 aromatic heterocycles. The zero-order valence-electron chi connectivity index (χ0n) is 13.7. The van der Waals surface area contributed by atoms with E-state index in [9.17, 15) is 9.59 Å². The summed E-state index contributed by atoms with van der Waals surface area (Å²) >= 11 is 5.92. The topological polar surface area (TPSA) is 55.4 Å². The molecule has 0 heterocycles. The lowest BCUT2D eigenvalue weighted by atomic mass is 9.97. The number of hydrogen-bond acceptors (Lipinski definition) is 3. The van der Waals surface area contributed by atoms with Gasteiger partial charge < -0.3 is 10.1 Å². The van der Waals surface area contributed by atoms with E-state index >= 15 is 0 Å². The summed E-state index contributed by atoms with van der Waals surface area (Å²) in [6.45, 7) is 3.45. The van der Waals surface area contributed by atoms with Gasteiger partial charge in [0.2, 0.25) is 0 Å². The molecular weight excluding hydrogens is 326 g/mol. The van der Waals surface area contributed by atoms with Gasteiger partial charge in [-0.15, -0.1) is 0 Å². The summed E-state index contributed by atoms with van der Waals surface area (Å²) in [5.74, 6) is -1.16. The van der Waals surface area contributed by atoms with Crippen molar-refractivity contribution in [3.8, 4) is 0 Å². The summed E-state index contributed by atoms with van der Waals surface area (Å²) in [4.78, 5) is 24.2. The quantitative estimate of drug-likeness (QED) is 0.793. The third-order valence-electron chi connectivity index (χ3n) is 3.71. The number of esters is 1. The highest BCUT2D eigenvalue weighted by Gasteiger charge is 2.21. The van der Waals surface area contributed by atoms with Gasteiger partial charge in [0.1, 0.15) is 0 Å². The molecule has 0 unspecified atom stereocenters. The van der Waals surface area contributed by atoms with E-state index in [1.807, 2.05) is 50.2 Å². The molecule has 0 aliphatic carbocycles. The Morgan fingerprint density at radius 3 is 2.54 bits per heavy atom. The molecule has 0 aliphatic rings. The lowest BCUT2D eigenvalue weighted by molar-refractivity contribution is -0.149. The van der Waals surface area contributed by atoms with E-state index in [-0.39, 0.29) is 12.5 Å². The molecule has 1 N–H and O–H groups in total. The zero-order chi connectivity index (χ0) is 17.5. The van der Waals surface area contributed by atoms with E-state index in [2.05, 4.69) is 5.32 Å². The molecule has 0 aliphatic heterocycles. The molecule has 0 saturated heterocycles. The zero-order valence-corrected chi connectivity index (χ0v) is 14.5. The summed E-state index contributed by atoms with van der Waals surface area (Å²) in [6, 6.07) is 14.6. The smallest absolute Gasteiger partial charge is 0.313 e. The van der Waals surface area contributed by atoms with E-state index in [0.29, 0.717) is 17.1 Å². The number of ether oxygens (including phenoxy) is 1. The molecule has 2 aromatic carbocycles. The van der Waals surface area contributed by atoms with Crippen molar-refractivity contribution in [3.05, 3.63) is 64.7 Å². The third-order valence-corrected chi connectivity index (χ3v) is 3.95. The average molecular weight is 346 g/mol. The Morgan fingerprint density at radius 1 is 1.17 bits per heavy atom. The number of halogens is 1. The maximum atomic E-state index is 12.2. The number of amides is 1. The average Bonchev–Trinajstić information content (AvgIpc) is 2.58. The first-order chi connectivity index (χ1) is 11.5. The van der Waals surface area contributed by atoms with Gasteiger partial charge >= 0.3 is 5.97 Å². The third kappa shape index (κ3) is 4.83. The van der Waals surface area contributed by atoms with Crippen LogP contribution in [-0.2, 0) is 14.3 Å². The van der Waals surface area contributed by atoms with Crippen LogP contribution in [0.1, 0.15) is 30.4 Å². The van der Waals surface area contributed by atoms with E-state index in [4.69, 9.17) is 16.3 Å². The minimum absolute atomic E-state index is 0.325. The molecule has 0 radical (unpaired) electrons. The van der Waals surface area contributed by atoms with Crippen molar-refractivity contribution in [3.63, 3.8) is 0 Å². The van der Waals surface area contributed by atoms with E-state index in [1.54, 1.807) is 12.1 Å². The standard InChI is InChI=1S/C19H20ClNO3/c1-3-16(14-7-5-4-6-8-14)19(23)24-12-18(22)21-17-11-15(20)10-9-13(17)2/h4-11,16H,3,12H2,1-2H3,(H,21,22)/t16-/m0/s1. The second kappa shape index (κ2) is 8.50. The molecule has 1 amide bonds. The van der Waals surface area contributed by atoms with Crippen LogP contribution in [0.3, 0.4) is 0 Å². The minimum atomic E-state index is -0.401. The molecule has 24 heavy (non-hydrogen) atoms. The van der Waals surface area contributed by atoms with Crippen LogP contribution in [0.2, 0.25) is 5.02 Å². The Kier molecular flexibility index (Phi) is 6.38. The van der Waals surface area contributed by atoms with Gasteiger partial charge in [-0.1, -0.05) is 54.9 Å². The summed E-state index contributed by atoms with van der Waals surface area (Å²) in [7, 11) is 0. The Bertz CT molecular complexity index is 716. The van der Waals surface area contributed by atoms with Gasteiger partial charge in [-0.2, -0.15) is 0 Å². The van der Waals surface area contributed by atoms with E-state index in [0.717, 1.165) is 11.1 Å². The van der Waals surface area contributed by atoms with Gasteiger partial charge in [0.25, 0.3) is 5.91 Å². The van der Waals surface area contributed by atoms with Crippen molar-refractivity contribution in [1.82, 2.24) is 0 Å². The monoisotopic (exact) mass is 345 g/mol. The van der Waals surface area contributed by atoms with Gasteiger partial charge in [-0.05, 0) is 36.6 Å². The van der Waals surface area contributed by atoms with Crippen molar-refractivity contribution in [2.75, 3.05) is 11.9 Å². The summed E-state index contributed by atoms with van der Waals surface area (Å²) < 4.78 is 5.17. The summed E-state index contributed by atoms with van der Waals surface area (Å²) in [5, 5.41) is 3.23. The molecule has 2 aromatic rings. The fourth-order valence-corrected chi connectivity index (χ4v) is 2.55. The van der Waals surface area contributed by atoms with Crippen LogP contribution in [0.15, 0.2) is 48.5 Å². The Balaban J connectivity index is 1.93. The molecule has 4 nitrogen and oxygen atoms in total. The molecule has 0 fully saturated rings. The largest absolute Gasteiger partial charge is 0.455 e. The van der Waals surface area contributed by atoms with Crippen LogP contribution in [0.25, 0.3) is 0 Å². The number of aryl methyl sites for hydroxylation is 1. The Hall–Kier alpha value is -2.33. The first kappa shape index (κ1) is 18.0. The Labute approximate surface area is 146 Å². The van der Waals surface area contributed by atoms with Crippen molar-refractivity contribution < 1.29 is 14.3 Å². The lowest BCUT2D eigenvalue weighted by Crippen LogP contribution is -2.24. The van der Waals surface area contributed by atoms with E-state index < -0.39 is 11.9 Å². The van der Waals surface area contributed by atoms with E-state index in [1.165, 1.54) is 0 Å². The normalized spacial score (nSPS) is 11.6. The first-order valence-electron chi connectivity index (χ1n) is 7.79. The number of benzene rings is 2. The highest BCUT2D eigenvalue weighted by atomic mass is 35.5. The predicted octanol–water partition coefficient (Wildman–Crippen LogP) is 4.32. The van der Waals surface area contributed by atoms with Crippen LogP contribution in [0.5, 0.6) is 0 Å². The van der Waals surface area contributed by atoms with Gasteiger partial charge in [-0.25, -0.2) is 0 Å². The number of hydrogen-bond donors (Lipinski definition) is 1. The molecule has 5 heteroatoms. The molecule has 126 valence electrons. The van der Waals surface area contributed by atoms with Crippen LogP contribution >= 0.6 is 11.6 Å². The highest BCUT2D eigenvalue weighted by molar-refractivity contribution is 6.31. The van der Waals surface area contributed by atoms with Crippen molar-refractivity contribution in [2.24, 2.45) is 0 Å². The molecule has 2 rings (SSSR count). The lowest BCUT2D eigenvalue weighted by Gasteiger charge is -2.15. The summed E-state index contributed by atoms with van der Waals surface area (Å²) in [6.07, 6.45) is 0.609. The van der Waals surface area contributed by atoms with Crippen LogP contribution < -0.4 is 5.32 Å². The van der Waals surface area contributed by atoms with Crippen molar-refractivity contribution >= 4 is 29.2 Å². The van der Waals surface area contributed by atoms with Crippen LogP contribution in [0.4, 0.5) is 5.69 Å². The number of anilines is 1. The Morgan fingerprint density at radius 2 is 1.88 bits per heavy atom. The molecule has 0 saturated carbocycles. The number of nitrogens with one attached hydrogen (secondary N) is 1. The molecule has 1 atom stereocenters. The van der Waals surface area contributed by atoms with Gasteiger partial charge in [-0.3, -0.25) is 9.59 Å². The van der Waals surface area contributed by atoms with Gasteiger partial charge in [0.05, 0.1) is 5.92 Å². The second-order valence-corrected chi connectivity index (χ2v) is 5.92. The number of carbonyl (C=O) groups excluding carboxylic acids is 2. The van der Waals surface area contributed by atoms with Gasteiger partial charge in [0, 0.05) is 10.7 Å². The fraction of sp³-hybridized carbons (Fsp3) is 0.263. The van der Waals surface area contributed by atoms with Crippen molar-refractivity contribution in [2.45, 2.75) is 26.2 Å². The maximum absolute atomic E-state index is 12.2. The van der Waals surface area contributed by atoms with Crippen LogP contribution in [0, 0.1) is 6.92 Å². The summed E-state index contributed by atoms with van der Waals surface area (Å²) in [5.41, 5.74) is 2.38. The minimum Gasteiger partial charge on any atom is -0.455 e. The molecular formula is C19H20ClNO3. The predicted molar refractivity (Wildman–Crippen MR) is 95.3 cm³/mol. The van der Waals surface area contributed by atoms with Gasteiger partial charge in [0.15, 0.2) is 6.61 Å². The maximum Gasteiger partial charge on any atom is 0.313 e. The van der Waals surface area contributed by atoms with Crippen molar-refractivity contribution in [1.29, 1.82) is 0 Å². The number of rotatable bonds is 6. The first-order valence-corrected chi connectivity index (χ1v) is 8.16. The molecule has 0 spiro atoms. The SMILES string of the molecule is CC[C@H](C(=O)OCC(=O)Nc1cc(Cl)ccc1C)c1ccccc1. The second-order valence-electron chi connectivity index (χ2n) is 5.49. The highest BCUT2D eigenvalue weighted by Crippen LogP contribution is 2.22.